The first-order chi connectivity index (χ1) is 7.67. The van der Waals surface area contributed by atoms with Crippen molar-refractivity contribution in [3.8, 4) is 5.75 Å². The Hall–Kier alpha value is -1.55. The van der Waals surface area contributed by atoms with Crippen molar-refractivity contribution in [2.45, 2.75) is 13.5 Å². The SMILES string of the molecule is CCN(C)C(=O)COc1ccc(CO)cc1. The number of hydrogen-bond acceptors (Lipinski definition) is 3. The van der Waals surface area contributed by atoms with Gasteiger partial charge >= 0.3 is 0 Å². The maximum absolute atomic E-state index is 11.4. The molecule has 1 amide bonds. The van der Waals surface area contributed by atoms with E-state index in [4.69, 9.17) is 9.84 Å². The zero-order valence-corrected chi connectivity index (χ0v) is 9.64. The van der Waals surface area contributed by atoms with Crippen LogP contribution in [0.4, 0.5) is 0 Å². The number of benzene rings is 1. The molecule has 4 nitrogen and oxygen atoms in total. The molecule has 0 unspecified atom stereocenters. The van der Waals surface area contributed by atoms with Crippen molar-refractivity contribution < 1.29 is 14.6 Å². The van der Waals surface area contributed by atoms with Gasteiger partial charge in [0.25, 0.3) is 5.91 Å². The lowest BCUT2D eigenvalue weighted by molar-refractivity contribution is -0.131. The van der Waals surface area contributed by atoms with Crippen LogP contribution in [0.25, 0.3) is 0 Å². The van der Waals surface area contributed by atoms with Crippen molar-refractivity contribution in [2.75, 3.05) is 20.2 Å². The van der Waals surface area contributed by atoms with E-state index in [0.717, 1.165) is 5.56 Å². The molecule has 0 bridgehead atoms. The van der Waals surface area contributed by atoms with E-state index >= 15 is 0 Å². The van der Waals surface area contributed by atoms with E-state index in [1.165, 1.54) is 0 Å². The minimum absolute atomic E-state index is 0.0117. The van der Waals surface area contributed by atoms with Gasteiger partial charge in [-0.3, -0.25) is 4.79 Å². The molecule has 1 N–H and O–H groups in total. The fraction of sp³-hybridized carbons (Fsp3) is 0.417. The molecule has 88 valence electrons. The highest BCUT2D eigenvalue weighted by molar-refractivity contribution is 5.77. The Labute approximate surface area is 95.5 Å². The summed E-state index contributed by atoms with van der Waals surface area (Å²) in [6.45, 7) is 2.64. The molecule has 0 radical (unpaired) electrons. The Kier molecular flexibility index (Phi) is 4.79. The van der Waals surface area contributed by atoms with Gasteiger partial charge in [0.2, 0.25) is 0 Å². The Morgan fingerprint density at radius 3 is 2.50 bits per heavy atom. The average molecular weight is 223 g/mol. The first kappa shape index (κ1) is 12.5. The van der Waals surface area contributed by atoms with Gasteiger partial charge in [0.1, 0.15) is 5.75 Å². The molecule has 0 heterocycles. The van der Waals surface area contributed by atoms with E-state index in [1.54, 1.807) is 36.2 Å². The van der Waals surface area contributed by atoms with Crippen LogP contribution in [0.3, 0.4) is 0 Å². The molecule has 0 aromatic heterocycles. The first-order valence-electron chi connectivity index (χ1n) is 5.24. The molecule has 1 aromatic rings. The number of nitrogens with zero attached hydrogens (tertiary/aromatic N) is 1. The highest BCUT2D eigenvalue weighted by Crippen LogP contribution is 2.12. The second-order valence-electron chi connectivity index (χ2n) is 3.50. The lowest BCUT2D eigenvalue weighted by Gasteiger charge is -2.14. The molecule has 16 heavy (non-hydrogen) atoms. The van der Waals surface area contributed by atoms with E-state index < -0.39 is 0 Å². The molecule has 0 saturated carbocycles. The van der Waals surface area contributed by atoms with Crippen LogP contribution >= 0.6 is 0 Å². The summed E-state index contributed by atoms with van der Waals surface area (Å²) >= 11 is 0. The zero-order valence-electron chi connectivity index (χ0n) is 9.64. The van der Waals surface area contributed by atoms with Crippen molar-refractivity contribution in [3.63, 3.8) is 0 Å². The Balaban J connectivity index is 2.45. The van der Waals surface area contributed by atoms with Gasteiger partial charge in [0.05, 0.1) is 6.61 Å². The van der Waals surface area contributed by atoms with Crippen molar-refractivity contribution in [1.82, 2.24) is 4.90 Å². The summed E-state index contributed by atoms with van der Waals surface area (Å²) in [5.74, 6) is 0.587. The highest BCUT2D eigenvalue weighted by Gasteiger charge is 2.06. The molecule has 0 spiro atoms. The number of aliphatic hydroxyl groups is 1. The maximum atomic E-state index is 11.4. The minimum Gasteiger partial charge on any atom is -0.484 e. The van der Waals surface area contributed by atoms with E-state index in [2.05, 4.69) is 0 Å². The van der Waals surface area contributed by atoms with Gasteiger partial charge in [-0.2, -0.15) is 0 Å². The summed E-state index contributed by atoms with van der Waals surface area (Å²) in [5, 5.41) is 8.85. The van der Waals surface area contributed by atoms with Crippen molar-refractivity contribution in [3.05, 3.63) is 29.8 Å². The fourth-order valence-corrected chi connectivity index (χ4v) is 1.12. The first-order valence-corrected chi connectivity index (χ1v) is 5.24. The van der Waals surface area contributed by atoms with Crippen LogP contribution in [-0.2, 0) is 11.4 Å². The largest absolute Gasteiger partial charge is 0.484 e. The third kappa shape index (κ3) is 3.55. The number of hydrogen-bond donors (Lipinski definition) is 1. The lowest BCUT2D eigenvalue weighted by Crippen LogP contribution is -2.31. The van der Waals surface area contributed by atoms with Gasteiger partial charge in [-0.05, 0) is 24.6 Å². The average Bonchev–Trinajstić information content (AvgIpc) is 2.35. The molecule has 0 aliphatic carbocycles. The van der Waals surface area contributed by atoms with Gasteiger partial charge in [-0.1, -0.05) is 12.1 Å². The summed E-state index contributed by atoms with van der Waals surface area (Å²) in [5.41, 5.74) is 0.823. The molecule has 0 aliphatic rings. The van der Waals surface area contributed by atoms with Crippen molar-refractivity contribution in [2.24, 2.45) is 0 Å². The van der Waals surface area contributed by atoms with E-state index in [9.17, 15) is 4.79 Å². The number of rotatable bonds is 5. The van der Waals surface area contributed by atoms with Gasteiger partial charge < -0.3 is 14.7 Å². The Bertz CT molecular complexity index is 335. The lowest BCUT2D eigenvalue weighted by atomic mass is 10.2. The van der Waals surface area contributed by atoms with Gasteiger partial charge in [0.15, 0.2) is 6.61 Å². The van der Waals surface area contributed by atoms with Crippen LogP contribution in [0.5, 0.6) is 5.75 Å². The van der Waals surface area contributed by atoms with E-state index in [0.29, 0.717) is 12.3 Å². The number of carbonyl (C=O) groups excluding carboxylic acids is 1. The topological polar surface area (TPSA) is 49.8 Å². The molecule has 1 rings (SSSR count). The maximum Gasteiger partial charge on any atom is 0.260 e. The number of carbonyl (C=O) groups is 1. The molecule has 0 fully saturated rings. The molecule has 0 aliphatic heterocycles. The second kappa shape index (κ2) is 6.12. The van der Waals surface area contributed by atoms with Crippen LogP contribution in [-0.4, -0.2) is 36.1 Å². The van der Waals surface area contributed by atoms with Crippen molar-refractivity contribution >= 4 is 5.91 Å². The minimum atomic E-state index is -0.0475. The Morgan fingerprint density at radius 2 is 2.00 bits per heavy atom. The normalized spacial score (nSPS) is 9.94. The van der Waals surface area contributed by atoms with Crippen LogP contribution in [0.2, 0.25) is 0 Å². The molecular formula is C12H17NO3. The number of aliphatic hydroxyl groups excluding tert-OH is 1. The highest BCUT2D eigenvalue weighted by atomic mass is 16.5. The molecule has 0 atom stereocenters. The molecular weight excluding hydrogens is 206 g/mol. The standard InChI is InChI=1S/C12H17NO3/c1-3-13(2)12(15)9-16-11-6-4-10(8-14)5-7-11/h4-7,14H,3,8-9H2,1-2H3. The van der Waals surface area contributed by atoms with E-state index in [-0.39, 0.29) is 19.1 Å². The smallest absolute Gasteiger partial charge is 0.260 e. The second-order valence-corrected chi connectivity index (χ2v) is 3.50. The van der Waals surface area contributed by atoms with Crippen LogP contribution < -0.4 is 4.74 Å². The predicted molar refractivity (Wildman–Crippen MR) is 61.2 cm³/mol. The summed E-state index contributed by atoms with van der Waals surface area (Å²) in [6.07, 6.45) is 0. The summed E-state index contributed by atoms with van der Waals surface area (Å²) in [7, 11) is 1.74. The quantitative estimate of drug-likeness (QED) is 0.811. The number of likely N-dealkylation sites (N-methyl/N-ethyl adjacent to an activating group) is 1. The summed E-state index contributed by atoms with van der Waals surface area (Å²) in [4.78, 5) is 13.0. The molecule has 1 aromatic carbocycles. The van der Waals surface area contributed by atoms with Crippen LogP contribution in [0.1, 0.15) is 12.5 Å². The predicted octanol–water partition coefficient (Wildman–Crippen LogP) is 1.04. The van der Waals surface area contributed by atoms with Crippen LogP contribution in [0, 0.1) is 0 Å². The van der Waals surface area contributed by atoms with Gasteiger partial charge in [-0.25, -0.2) is 0 Å². The Morgan fingerprint density at radius 1 is 1.38 bits per heavy atom. The molecule has 0 saturated heterocycles. The van der Waals surface area contributed by atoms with Gasteiger partial charge in [-0.15, -0.1) is 0 Å². The number of ether oxygens (including phenoxy) is 1. The third-order valence-electron chi connectivity index (χ3n) is 2.37. The summed E-state index contributed by atoms with van der Waals surface area (Å²) < 4.78 is 5.32. The van der Waals surface area contributed by atoms with Crippen LogP contribution in [0.15, 0.2) is 24.3 Å². The van der Waals surface area contributed by atoms with Gasteiger partial charge in [0, 0.05) is 13.6 Å². The number of amides is 1. The monoisotopic (exact) mass is 223 g/mol. The van der Waals surface area contributed by atoms with Crippen molar-refractivity contribution in [1.29, 1.82) is 0 Å². The molecule has 4 heteroatoms. The zero-order chi connectivity index (χ0) is 12.0. The third-order valence-corrected chi connectivity index (χ3v) is 2.37. The summed E-state index contributed by atoms with van der Waals surface area (Å²) in [6, 6.07) is 7.02. The van der Waals surface area contributed by atoms with E-state index in [1.807, 2.05) is 6.92 Å². The fourth-order valence-electron chi connectivity index (χ4n) is 1.12.